The van der Waals surface area contributed by atoms with E-state index in [0.717, 1.165) is 0 Å². The molecule has 0 amide bonds. The third-order valence-electron chi connectivity index (χ3n) is 3.14. The maximum atomic E-state index is 11.3. The van der Waals surface area contributed by atoms with Crippen LogP contribution in [-0.4, -0.2) is 58.7 Å². The molecular formula is C9H16N6O3. The third-order valence-corrected chi connectivity index (χ3v) is 3.14. The molecule has 0 saturated heterocycles. The molecule has 1 unspecified atom stereocenters. The molecule has 18 heavy (non-hydrogen) atoms. The van der Waals surface area contributed by atoms with Crippen molar-refractivity contribution < 1.29 is 10.1 Å². The van der Waals surface area contributed by atoms with E-state index in [2.05, 4.69) is 10.3 Å². The van der Waals surface area contributed by atoms with E-state index in [9.17, 15) is 15.3 Å². The molecule has 0 aromatic rings. The zero-order chi connectivity index (χ0) is 13.5. The molecule has 100 valence electrons. The summed E-state index contributed by atoms with van der Waals surface area (Å²) in [6.07, 6.45) is 0. The lowest BCUT2D eigenvalue weighted by molar-refractivity contribution is -0.446. The Labute approximate surface area is 104 Å². The highest BCUT2D eigenvalue weighted by Crippen LogP contribution is 2.30. The summed E-state index contributed by atoms with van der Waals surface area (Å²) in [4.78, 5) is 18.2. The van der Waals surface area contributed by atoms with Gasteiger partial charge in [0.15, 0.2) is 5.82 Å². The number of hydrogen-bond acceptors (Lipinski definition) is 8. The average Bonchev–Trinajstić information content (AvgIpc) is 2.76. The minimum absolute atomic E-state index is 0.143. The van der Waals surface area contributed by atoms with Crippen LogP contribution in [0, 0.1) is 10.1 Å². The van der Waals surface area contributed by atoms with E-state index in [-0.39, 0.29) is 5.70 Å². The lowest BCUT2D eigenvalue weighted by Gasteiger charge is -2.41. The molecule has 9 nitrogen and oxygen atoms in total. The van der Waals surface area contributed by atoms with Crippen LogP contribution in [0.15, 0.2) is 16.5 Å². The first-order valence-electron chi connectivity index (χ1n) is 5.48. The molecule has 2 aliphatic heterocycles. The Kier molecular flexibility index (Phi) is 2.87. The lowest BCUT2D eigenvalue weighted by atomic mass is 10.1. The van der Waals surface area contributed by atoms with Crippen LogP contribution >= 0.6 is 0 Å². The zero-order valence-electron chi connectivity index (χ0n) is 10.5. The summed E-state index contributed by atoms with van der Waals surface area (Å²) >= 11 is 0. The van der Waals surface area contributed by atoms with E-state index in [4.69, 9.17) is 0 Å². The Bertz CT molecular complexity index is 446. The standard InChI is InChI=1S/C9H16N6O3/c1-9(12-16)6(15(17)18)7(13(2)3)11-8-10-4-5-14(8)9/h12,16H,4-5H2,1-3H3,(H,10,11). The van der Waals surface area contributed by atoms with Gasteiger partial charge in [-0.25, -0.2) is 0 Å². The summed E-state index contributed by atoms with van der Waals surface area (Å²) in [7, 11) is 3.38. The fourth-order valence-corrected chi connectivity index (χ4v) is 2.21. The summed E-state index contributed by atoms with van der Waals surface area (Å²) in [6, 6.07) is 0. The van der Waals surface area contributed by atoms with Crippen LogP contribution in [0.1, 0.15) is 6.92 Å². The smallest absolute Gasteiger partial charge is 0.328 e. The number of hydroxylamine groups is 1. The number of hydrogen-bond donors (Lipinski definition) is 3. The molecule has 0 spiro atoms. The predicted octanol–water partition coefficient (Wildman–Crippen LogP) is -1.04. The maximum Gasteiger partial charge on any atom is 0.328 e. The van der Waals surface area contributed by atoms with Crippen LogP contribution in [0.5, 0.6) is 0 Å². The molecule has 0 fully saturated rings. The van der Waals surface area contributed by atoms with Crippen molar-refractivity contribution >= 4 is 5.96 Å². The molecule has 3 N–H and O–H groups in total. The summed E-state index contributed by atoms with van der Waals surface area (Å²) < 4.78 is 0. The van der Waals surface area contributed by atoms with Crippen LogP contribution in [-0.2, 0) is 0 Å². The van der Waals surface area contributed by atoms with Crippen molar-refractivity contribution in [1.82, 2.24) is 20.6 Å². The predicted molar refractivity (Wildman–Crippen MR) is 63.2 cm³/mol. The van der Waals surface area contributed by atoms with Crippen molar-refractivity contribution in [2.24, 2.45) is 4.99 Å². The topological polar surface area (TPSA) is 106 Å². The Morgan fingerprint density at radius 2 is 2.33 bits per heavy atom. The molecule has 2 heterocycles. The van der Waals surface area contributed by atoms with Gasteiger partial charge >= 0.3 is 5.70 Å². The SMILES string of the molecule is CN(C)C1=C([N+](=O)[O-])C(C)(NO)N2CCN=C2N1. The van der Waals surface area contributed by atoms with Gasteiger partial charge in [0.2, 0.25) is 11.6 Å². The highest BCUT2D eigenvalue weighted by molar-refractivity contribution is 5.85. The van der Waals surface area contributed by atoms with Gasteiger partial charge in [-0.1, -0.05) is 0 Å². The number of rotatable bonds is 3. The second-order valence-electron chi connectivity index (χ2n) is 4.51. The first kappa shape index (κ1) is 12.6. The van der Waals surface area contributed by atoms with Crippen molar-refractivity contribution in [1.29, 1.82) is 0 Å². The molecule has 0 bridgehead atoms. The molecule has 2 rings (SSSR count). The van der Waals surface area contributed by atoms with Gasteiger partial charge in [0.25, 0.3) is 0 Å². The van der Waals surface area contributed by atoms with Gasteiger partial charge in [-0.15, -0.1) is 0 Å². The molecule has 2 aliphatic rings. The van der Waals surface area contributed by atoms with Crippen LogP contribution in [0.25, 0.3) is 0 Å². The fourth-order valence-electron chi connectivity index (χ4n) is 2.21. The molecule has 1 atom stereocenters. The monoisotopic (exact) mass is 256 g/mol. The van der Waals surface area contributed by atoms with Gasteiger partial charge in [-0.2, -0.15) is 5.48 Å². The Morgan fingerprint density at radius 3 is 2.83 bits per heavy atom. The second-order valence-corrected chi connectivity index (χ2v) is 4.51. The van der Waals surface area contributed by atoms with Gasteiger partial charge in [-0.05, 0) is 6.92 Å². The summed E-state index contributed by atoms with van der Waals surface area (Å²) in [5.74, 6) is 0.828. The van der Waals surface area contributed by atoms with E-state index in [1.165, 1.54) is 0 Å². The maximum absolute atomic E-state index is 11.3. The van der Waals surface area contributed by atoms with E-state index in [0.29, 0.717) is 24.9 Å². The van der Waals surface area contributed by atoms with Crippen molar-refractivity contribution in [2.75, 3.05) is 27.2 Å². The van der Waals surface area contributed by atoms with Crippen LogP contribution in [0.4, 0.5) is 0 Å². The van der Waals surface area contributed by atoms with Crippen LogP contribution in [0.2, 0.25) is 0 Å². The summed E-state index contributed by atoms with van der Waals surface area (Å²) in [5, 5.41) is 23.6. The van der Waals surface area contributed by atoms with Gasteiger partial charge < -0.3 is 20.3 Å². The Hall–Kier alpha value is -1.87. The molecule has 9 heteroatoms. The first-order chi connectivity index (χ1) is 8.41. The van der Waals surface area contributed by atoms with Gasteiger partial charge in [0.1, 0.15) is 0 Å². The van der Waals surface area contributed by atoms with Crippen molar-refractivity contribution in [3.63, 3.8) is 0 Å². The lowest BCUT2D eigenvalue weighted by Crippen LogP contribution is -2.66. The largest absolute Gasteiger partial charge is 0.359 e. The zero-order valence-corrected chi connectivity index (χ0v) is 10.5. The van der Waals surface area contributed by atoms with E-state index in [1.54, 1.807) is 30.8 Å². The van der Waals surface area contributed by atoms with Gasteiger partial charge in [0.05, 0.1) is 11.5 Å². The van der Waals surface area contributed by atoms with Crippen molar-refractivity contribution in [3.8, 4) is 0 Å². The number of guanidine groups is 1. The normalized spacial score (nSPS) is 26.7. The van der Waals surface area contributed by atoms with E-state index >= 15 is 0 Å². The number of nitrogens with zero attached hydrogens (tertiary/aromatic N) is 4. The van der Waals surface area contributed by atoms with Crippen LogP contribution < -0.4 is 10.8 Å². The van der Waals surface area contributed by atoms with Crippen molar-refractivity contribution in [2.45, 2.75) is 12.6 Å². The minimum atomic E-state index is -1.30. The number of fused-ring (bicyclic) bond motifs is 1. The fraction of sp³-hybridized carbons (Fsp3) is 0.667. The molecule has 0 aliphatic carbocycles. The molecule has 0 radical (unpaired) electrons. The quantitative estimate of drug-likeness (QED) is 0.437. The van der Waals surface area contributed by atoms with E-state index < -0.39 is 10.6 Å². The highest BCUT2D eigenvalue weighted by atomic mass is 16.6. The Morgan fingerprint density at radius 1 is 1.67 bits per heavy atom. The third kappa shape index (κ3) is 1.59. The highest BCUT2D eigenvalue weighted by Gasteiger charge is 2.52. The number of aliphatic imine (C=N–C) groups is 1. The summed E-state index contributed by atoms with van der Waals surface area (Å²) in [6.45, 7) is 2.59. The molecule has 0 aromatic carbocycles. The molecule has 0 saturated carbocycles. The van der Waals surface area contributed by atoms with Gasteiger partial charge in [0, 0.05) is 20.6 Å². The van der Waals surface area contributed by atoms with Gasteiger partial charge in [-0.3, -0.25) is 15.1 Å². The number of nitrogens with one attached hydrogen (secondary N) is 2. The average molecular weight is 256 g/mol. The van der Waals surface area contributed by atoms with Crippen LogP contribution in [0.3, 0.4) is 0 Å². The number of nitro groups is 1. The molecular weight excluding hydrogens is 240 g/mol. The van der Waals surface area contributed by atoms with E-state index in [1.807, 2.05) is 5.48 Å². The first-order valence-corrected chi connectivity index (χ1v) is 5.48. The molecule has 0 aromatic heterocycles. The van der Waals surface area contributed by atoms with Crippen molar-refractivity contribution in [3.05, 3.63) is 21.6 Å². The summed E-state index contributed by atoms with van der Waals surface area (Å²) in [5.41, 5.74) is 0.602. The second kappa shape index (κ2) is 4.10. The Balaban J connectivity index is 2.60. The minimum Gasteiger partial charge on any atom is -0.359 e.